The van der Waals surface area contributed by atoms with Crippen molar-refractivity contribution in [2.75, 3.05) is 6.73 Å². The Labute approximate surface area is 270 Å². The van der Waals surface area contributed by atoms with Crippen LogP contribution in [-0.2, 0) is 25.0 Å². The zero-order valence-corrected chi connectivity index (χ0v) is 24.2. The van der Waals surface area contributed by atoms with Crippen molar-refractivity contribution >= 4 is 35.4 Å². The molecule has 0 aromatic heterocycles. The van der Waals surface area contributed by atoms with Crippen LogP contribution in [-0.4, -0.2) is 84.3 Å². The number of esters is 1. The van der Waals surface area contributed by atoms with Crippen LogP contribution in [0.5, 0.6) is 0 Å². The van der Waals surface area contributed by atoms with E-state index in [9.17, 15) is 103 Å². The zero-order chi connectivity index (χ0) is 41.7. The zero-order valence-electron chi connectivity index (χ0n) is 24.2. The van der Waals surface area contributed by atoms with Gasteiger partial charge in [-0.2, -0.15) is 102 Å². The monoisotopic (exact) mass is 807 g/mol. The van der Waals surface area contributed by atoms with Crippen LogP contribution in [0, 0.1) is 6.92 Å². The topological polar surface area (TPSA) is 114 Å². The molecule has 1 aromatic rings. The van der Waals surface area contributed by atoms with Crippen LogP contribution in [0.3, 0.4) is 0 Å². The highest BCUT2D eigenvalue weighted by atomic mass is 19.4. The Balaban J connectivity index is 4.25. The Bertz CT molecular complexity index is 1680. The predicted octanol–water partition coefficient (Wildman–Crippen LogP) is 7.92. The van der Waals surface area contributed by atoms with Crippen molar-refractivity contribution in [2.24, 2.45) is 9.98 Å². The van der Waals surface area contributed by atoms with E-state index in [0.29, 0.717) is 19.1 Å². The number of rotatable bonds is 14. The number of alkyl halides is 21. The first-order valence-corrected chi connectivity index (χ1v) is 12.1. The third-order valence-corrected chi connectivity index (χ3v) is 6.42. The van der Waals surface area contributed by atoms with Gasteiger partial charge in [0.15, 0.2) is 6.73 Å². The summed E-state index contributed by atoms with van der Waals surface area (Å²) in [5, 5.41) is 1.25. The van der Waals surface area contributed by atoms with Gasteiger partial charge < -0.3 is 10.1 Å². The van der Waals surface area contributed by atoms with Crippen LogP contribution in [0.1, 0.15) is 28.4 Å². The number of nitrogens with one attached hydrogen (secondary N) is 1. The lowest BCUT2D eigenvalue weighted by molar-refractivity contribution is -0.474. The van der Waals surface area contributed by atoms with Crippen LogP contribution in [0.4, 0.5) is 104 Å². The minimum absolute atomic E-state index is 0.0787. The lowest BCUT2D eigenvalue weighted by atomic mass is 9.83. The molecule has 0 spiro atoms. The second kappa shape index (κ2) is 13.5. The second-order valence-electron chi connectivity index (χ2n) is 9.65. The molecular formula is C23H10F21N3O5. The number of halogens is 21. The maximum absolute atomic E-state index is 15.4. The van der Waals surface area contributed by atoms with Gasteiger partial charge in [-0.15, -0.1) is 0 Å². The number of hydrogen-bond acceptors (Lipinski definition) is 7. The Morgan fingerprint density at radius 1 is 0.635 bits per heavy atom. The van der Waals surface area contributed by atoms with E-state index in [-0.39, 0.29) is 6.92 Å². The van der Waals surface area contributed by atoms with Gasteiger partial charge in [0.25, 0.3) is 5.91 Å². The normalized spacial score (nSPS) is 14.3. The number of benzene rings is 1. The Morgan fingerprint density at radius 2 is 1.00 bits per heavy atom. The minimum atomic E-state index is -9.42. The van der Waals surface area contributed by atoms with E-state index in [4.69, 9.17) is 0 Å². The predicted molar refractivity (Wildman–Crippen MR) is 120 cm³/mol. The quantitative estimate of drug-likeness (QED) is 0.0675. The van der Waals surface area contributed by atoms with Gasteiger partial charge in [0, 0.05) is 12.5 Å². The molecule has 0 atom stereocenters. The molecule has 0 saturated carbocycles. The van der Waals surface area contributed by atoms with Crippen molar-refractivity contribution in [1.82, 2.24) is 5.32 Å². The molecule has 0 bridgehead atoms. The molecule has 0 radical (unpaired) electrons. The van der Waals surface area contributed by atoms with Crippen LogP contribution in [0.15, 0.2) is 16.1 Å². The van der Waals surface area contributed by atoms with Gasteiger partial charge in [0.05, 0.1) is 5.56 Å². The van der Waals surface area contributed by atoms with Gasteiger partial charge in [0.1, 0.15) is 11.4 Å². The number of ether oxygens (including phenoxy) is 1. The molecule has 8 nitrogen and oxygen atoms in total. The van der Waals surface area contributed by atoms with E-state index in [1.54, 1.807) is 0 Å². The number of isocyanates is 2. The Hall–Kier alpha value is -4.55. The van der Waals surface area contributed by atoms with Crippen molar-refractivity contribution in [2.45, 2.75) is 73.3 Å². The summed E-state index contributed by atoms with van der Waals surface area (Å²) in [5.74, 6) is -83.8. The third kappa shape index (κ3) is 6.40. The van der Waals surface area contributed by atoms with Crippen molar-refractivity contribution in [3.8, 4) is 0 Å². The summed E-state index contributed by atoms with van der Waals surface area (Å²) in [5.41, 5.74) is -10.6. The fraction of sp³-hybridized carbons (Fsp3) is 0.565. The number of amides is 1. The summed E-state index contributed by atoms with van der Waals surface area (Å²) < 4.78 is 296. The fourth-order valence-corrected chi connectivity index (χ4v) is 3.71. The van der Waals surface area contributed by atoms with Gasteiger partial charge in [-0.3, -0.25) is 9.59 Å². The smallest absolute Gasteiger partial charge is 0.445 e. The lowest BCUT2D eigenvalue weighted by Crippen LogP contribution is -2.76. The van der Waals surface area contributed by atoms with E-state index in [2.05, 4.69) is 14.7 Å². The molecule has 0 unspecified atom stereocenters. The molecule has 0 saturated heterocycles. The number of aliphatic imine (C=N–C) groups is 2. The molecule has 1 aromatic carbocycles. The fourth-order valence-electron chi connectivity index (χ4n) is 3.71. The largest absolute Gasteiger partial charge is 0.460 e. The van der Waals surface area contributed by atoms with E-state index >= 15 is 8.78 Å². The van der Waals surface area contributed by atoms with Gasteiger partial charge in [-0.1, -0.05) is 0 Å². The van der Waals surface area contributed by atoms with E-state index in [0.717, 1.165) is 0 Å². The number of carbonyl (C=O) groups is 2. The summed E-state index contributed by atoms with van der Waals surface area (Å²) in [7, 11) is 0. The summed E-state index contributed by atoms with van der Waals surface area (Å²) in [6.07, 6.45) is -7.08. The van der Waals surface area contributed by atoms with Crippen LogP contribution in [0.25, 0.3) is 0 Å². The van der Waals surface area contributed by atoms with Gasteiger partial charge in [0.2, 0.25) is 12.2 Å². The van der Waals surface area contributed by atoms with E-state index < -0.39 is 112 Å². The molecular weight excluding hydrogens is 797 g/mol. The van der Waals surface area contributed by atoms with Crippen molar-refractivity contribution < 1.29 is 116 Å². The molecule has 1 amide bonds. The molecule has 1 N–H and O–H groups in total. The van der Waals surface area contributed by atoms with E-state index in [1.807, 2.05) is 0 Å². The SMILES string of the molecule is CC(=O)OCNC(=O)c1cc(N=C=O)c(N=C=O)c(C)c1C(F)(F)C(F)(F)C(F)(F)C(F)(F)C(F)(F)C(F)(F)C(F)(F)C(F)(F)C(F)(F)C(F)(F)F. The summed E-state index contributed by atoms with van der Waals surface area (Å²) >= 11 is 0. The lowest BCUT2D eigenvalue weighted by Gasteiger charge is -2.44. The van der Waals surface area contributed by atoms with Gasteiger partial charge >= 0.3 is 65.4 Å². The number of nitrogens with zero attached hydrogens (tertiary/aromatic N) is 2. The highest BCUT2D eigenvalue weighted by Crippen LogP contribution is 2.67. The molecule has 0 heterocycles. The molecule has 0 fully saturated rings. The Morgan fingerprint density at radius 3 is 1.35 bits per heavy atom. The first-order chi connectivity index (χ1) is 22.9. The molecule has 29 heteroatoms. The van der Waals surface area contributed by atoms with Gasteiger partial charge in [-0.05, 0) is 18.6 Å². The average molecular weight is 807 g/mol. The average Bonchev–Trinajstić information content (AvgIpc) is 2.96. The highest BCUT2D eigenvalue weighted by Gasteiger charge is 2.98. The highest BCUT2D eigenvalue weighted by molar-refractivity contribution is 5.99. The van der Waals surface area contributed by atoms with Crippen molar-refractivity contribution in [1.29, 1.82) is 0 Å². The number of hydrogen-bond donors (Lipinski definition) is 1. The van der Waals surface area contributed by atoms with Crippen molar-refractivity contribution in [3.63, 3.8) is 0 Å². The van der Waals surface area contributed by atoms with Gasteiger partial charge in [-0.25, -0.2) is 9.59 Å². The van der Waals surface area contributed by atoms with Crippen molar-refractivity contribution in [3.05, 3.63) is 22.8 Å². The maximum atomic E-state index is 15.4. The summed E-state index contributed by atoms with van der Waals surface area (Å²) in [6.45, 7) is -0.957. The third-order valence-electron chi connectivity index (χ3n) is 6.42. The molecule has 0 aliphatic carbocycles. The van der Waals surface area contributed by atoms with Crippen LogP contribution >= 0.6 is 0 Å². The Kier molecular flexibility index (Phi) is 11.8. The van der Waals surface area contributed by atoms with Crippen LogP contribution in [0.2, 0.25) is 0 Å². The summed E-state index contributed by atoms with van der Waals surface area (Å²) in [6, 6.07) is -0.404. The summed E-state index contributed by atoms with van der Waals surface area (Å²) in [4.78, 5) is 50.0. The molecule has 0 aliphatic heterocycles. The maximum Gasteiger partial charge on any atom is 0.460 e. The van der Waals surface area contributed by atoms with Crippen LogP contribution < -0.4 is 5.32 Å². The molecule has 1 rings (SSSR count). The molecule has 0 aliphatic rings. The molecule has 294 valence electrons. The second-order valence-corrected chi connectivity index (χ2v) is 9.65. The standard InChI is InChI=1S/C23H10F21N3O5/c1-7-11(9(13(51)47-6-52-8(2)50)3-10(45-4-48)12(7)46-5-49)14(24,25)15(26,27)16(28,29)17(30,31)18(32,33)19(34,35)20(36,37)21(38,39)22(40,41)23(42,43)44/h3H,6H2,1-2H3,(H,47,51). The molecule has 52 heavy (non-hydrogen) atoms. The first-order valence-electron chi connectivity index (χ1n) is 12.1. The number of carbonyl (C=O) groups excluding carboxylic acids is 4. The minimum Gasteiger partial charge on any atom is -0.445 e. The van der Waals surface area contributed by atoms with E-state index in [1.165, 1.54) is 5.32 Å². The first kappa shape index (κ1) is 45.5.